The Morgan fingerprint density at radius 2 is 1.89 bits per heavy atom. The highest BCUT2D eigenvalue weighted by Crippen LogP contribution is 2.47. The molecule has 0 saturated heterocycles. The third-order valence-electron chi connectivity index (χ3n) is 4.95. The van der Waals surface area contributed by atoms with Crippen molar-refractivity contribution in [1.82, 2.24) is 0 Å². The van der Waals surface area contributed by atoms with Crippen LogP contribution in [0.4, 0.5) is 0 Å². The molecule has 4 nitrogen and oxygen atoms in total. The summed E-state index contributed by atoms with van der Waals surface area (Å²) in [4.78, 5) is 24.3. The predicted molar refractivity (Wildman–Crippen MR) is 105 cm³/mol. The summed E-state index contributed by atoms with van der Waals surface area (Å²) in [7, 11) is 1.35. The van der Waals surface area contributed by atoms with Crippen LogP contribution in [0.1, 0.15) is 41.3 Å². The fraction of sp³-hybridized carbons (Fsp3) is 0.333. The van der Waals surface area contributed by atoms with E-state index < -0.39 is 5.41 Å². The van der Waals surface area contributed by atoms with Crippen molar-refractivity contribution in [3.05, 3.63) is 63.1 Å². The third kappa shape index (κ3) is 3.69. The minimum atomic E-state index is -0.680. The number of benzene rings is 2. The minimum absolute atomic E-state index is 0.0344. The summed E-state index contributed by atoms with van der Waals surface area (Å²) in [5.41, 5.74) is 1.55. The van der Waals surface area contributed by atoms with E-state index in [0.717, 1.165) is 11.1 Å². The van der Waals surface area contributed by atoms with E-state index in [0.29, 0.717) is 30.8 Å². The number of hydrogen-bond acceptors (Lipinski definition) is 4. The number of methoxy groups -OCH3 is 1. The van der Waals surface area contributed by atoms with Gasteiger partial charge in [-0.05, 0) is 37.0 Å². The Morgan fingerprint density at radius 1 is 1.19 bits per heavy atom. The van der Waals surface area contributed by atoms with Crippen molar-refractivity contribution >= 4 is 35.0 Å². The van der Waals surface area contributed by atoms with Crippen molar-refractivity contribution < 1.29 is 19.1 Å². The summed E-state index contributed by atoms with van der Waals surface area (Å²) in [5.74, 6) is 0.101. The molecule has 142 valence electrons. The summed E-state index contributed by atoms with van der Waals surface area (Å²) >= 11 is 12.8. The quantitative estimate of drug-likeness (QED) is 0.498. The molecular weight excluding hydrogens is 387 g/mol. The van der Waals surface area contributed by atoms with Gasteiger partial charge in [0.15, 0.2) is 5.78 Å². The highest BCUT2D eigenvalue weighted by atomic mass is 35.5. The van der Waals surface area contributed by atoms with E-state index in [1.807, 2.05) is 37.3 Å². The first kappa shape index (κ1) is 19.7. The second kappa shape index (κ2) is 7.91. The summed E-state index contributed by atoms with van der Waals surface area (Å²) in [5, 5.41) is 0.445. The third-order valence-corrected chi connectivity index (χ3v) is 5.80. The van der Waals surface area contributed by atoms with E-state index >= 15 is 0 Å². The average Bonchev–Trinajstić information content (AvgIpc) is 2.94. The van der Waals surface area contributed by atoms with Gasteiger partial charge in [0.2, 0.25) is 0 Å². The Labute approximate surface area is 168 Å². The van der Waals surface area contributed by atoms with Gasteiger partial charge in [0, 0.05) is 12.0 Å². The lowest BCUT2D eigenvalue weighted by molar-refractivity contribution is -0.140. The highest BCUT2D eigenvalue weighted by molar-refractivity contribution is 6.45. The van der Waals surface area contributed by atoms with Gasteiger partial charge in [0.1, 0.15) is 10.8 Å². The molecule has 1 aliphatic carbocycles. The fourth-order valence-electron chi connectivity index (χ4n) is 3.42. The van der Waals surface area contributed by atoms with Gasteiger partial charge >= 0.3 is 5.97 Å². The van der Waals surface area contributed by atoms with E-state index in [2.05, 4.69) is 4.74 Å². The smallest absolute Gasteiger partial charge is 0.305 e. The van der Waals surface area contributed by atoms with Crippen LogP contribution in [0.2, 0.25) is 10.0 Å². The standard InChI is InChI=1S/C21H20Cl2O4/c1-21(14-7-4-3-5-8-14)12-13-11-15(27-10-6-9-16(24)26-2)18(22)19(23)17(13)20(21)25/h3-5,7-8,11H,6,9-10,12H2,1-2H3. The Kier molecular flexibility index (Phi) is 5.78. The van der Waals surface area contributed by atoms with Crippen LogP contribution in [0.15, 0.2) is 36.4 Å². The SMILES string of the molecule is COC(=O)CCCOc1cc2c(c(Cl)c1Cl)C(=O)C(C)(c1ccccc1)C2. The van der Waals surface area contributed by atoms with Gasteiger partial charge in [-0.1, -0.05) is 53.5 Å². The first-order valence-corrected chi connectivity index (χ1v) is 9.45. The average molecular weight is 407 g/mol. The molecule has 0 spiro atoms. The fourth-order valence-corrected chi connectivity index (χ4v) is 3.92. The number of ketones is 1. The van der Waals surface area contributed by atoms with E-state index in [1.54, 1.807) is 6.07 Å². The molecule has 0 fully saturated rings. The molecule has 0 bridgehead atoms. The molecule has 6 heteroatoms. The number of carbonyl (C=O) groups is 2. The summed E-state index contributed by atoms with van der Waals surface area (Å²) in [6, 6.07) is 11.4. The second-order valence-electron chi connectivity index (χ2n) is 6.77. The van der Waals surface area contributed by atoms with Crippen molar-refractivity contribution in [1.29, 1.82) is 0 Å². The van der Waals surface area contributed by atoms with Gasteiger partial charge in [-0.15, -0.1) is 0 Å². The monoisotopic (exact) mass is 406 g/mol. The van der Waals surface area contributed by atoms with Crippen molar-refractivity contribution in [2.24, 2.45) is 0 Å². The molecule has 1 unspecified atom stereocenters. The number of hydrogen-bond donors (Lipinski definition) is 0. The van der Waals surface area contributed by atoms with Crippen LogP contribution in [-0.2, 0) is 21.4 Å². The number of ether oxygens (including phenoxy) is 2. The largest absolute Gasteiger partial charge is 0.492 e. The van der Waals surface area contributed by atoms with Crippen LogP contribution >= 0.6 is 23.2 Å². The number of rotatable bonds is 6. The van der Waals surface area contributed by atoms with E-state index in [1.165, 1.54) is 7.11 Å². The molecule has 27 heavy (non-hydrogen) atoms. The van der Waals surface area contributed by atoms with Gasteiger partial charge in [-0.25, -0.2) is 0 Å². The number of halogens is 2. The summed E-state index contributed by atoms with van der Waals surface area (Å²) in [6.07, 6.45) is 1.29. The molecule has 0 radical (unpaired) electrons. The number of carbonyl (C=O) groups excluding carboxylic acids is 2. The second-order valence-corrected chi connectivity index (χ2v) is 7.52. The molecular formula is C21H20Cl2O4. The zero-order chi connectivity index (χ0) is 19.6. The number of Topliss-reactive ketones (excluding diaryl/α,β-unsaturated/α-hetero) is 1. The zero-order valence-electron chi connectivity index (χ0n) is 15.2. The lowest BCUT2D eigenvalue weighted by Crippen LogP contribution is -2.29. The van der Waals surface area contributed by atoms with Crippen molar-refractivity contribution in [3.8, 4) is 5.75 Å². The Hall–Kier alpha value is -2.04. The van der Waals surface area contributed by atoms with Crippen molar-refractivity contribution in [2.45, 2.75) is 31.6 Å². The van der Waals surface area contributed by atoms with E-state index in [4.69, 9.17) is 27.9 Å². The molecule has 2 aromatic carbocycles. The van der Waals surface area contributed by atoms with Crippen LogP contribution in [0.25, 0.3) is 0 Å². The molecule has 0 aromatic heterocycles. The van der Waals surface area contributed by atoms with Gasteiger partial charge in [-0.2, -0.15) is 0 Å². The molecule has 3 rings (SSSR count). The Morgan fingerprint density at radius 3 is 2.56 bits per heavy atom. The minimum Gasteiger partial charge on any atom is -0.492 e. The van der Waals surface area contributed by atoms with Crippen LogP contribution in [0.3, 0.4) is 0 Å². The first-order valence-electron chi connectivity index (χ1n) is 8.69. The van der Waals surface area contributed by atoms with Gasteiger partial charge in [0.25, 0.3) is 0 Å². The lowest BCUT2D eigenvalue weighted by atomic mass is 9.79. The zero-order valence-corrected chi connectivity index (χ0v) is 16.7. The normalized spacial score (nSPS) is 18.3. The molecule has 0 aliphatic heterocycles. The van der Waals surface area contributed by atoms with Crippen LogP contribution in [0, 0.1) is 0 Å². The van der Waals surface area contributed by atoms with Crippen LogP contribution < -0.4 is 4.74 Å². The maximum Gasteiger partial charge on any atom is 0.305 e. The van der Waals surface area contributed by atoms with Crippen LogP contribution in [0.5, 0.6) is 5.75 Å². The number of esters is 1. The molecule has 1 atom stereocenters. The molecule has 1 aliphatic rings. The topological polar surface area (TPSA) is 52.6 Å². The molecule has 2 aromatic rings. The first-order chi connectivity index (χ1) is 12.9. The lowest BCUT2D eigenvalue weighted by Gasteiger charge is -2.22. The number of fused-ring (bicyclic) bond motifs is 1. The Balaban J connectivity index is 1.85. The molecule has 0 amide bonds. The Bertz CT molecular complexity index is 879. The summed E-state index contributed by atoms with van der Waals surface area (Å²) < 4.78 is 10.3. The van der Waals surface area contributed by atoms with Crippen LogP contribution in [-0.4, -0.2) is 25.5 Å². The molecule has 0 N–H and O–H groups in total. The molecule has 0 heterocycles. The summed E-state index contributed by atoms with van der Waals surface area (Å²) in [6.45, 7) is 2.22. The van der Waals surface area contributed by atoms with E-state index in [-0.39, 0.29) is 28.2 Å². The highest BCUT2D eigenvalue weighted by Gasteiger charge is 2.45. The maximum atomic E-state index is 13.1. The van der Waals surface area contributed by atoms with Gasteiger partial charge < -0.3 is 9.47 Å². The van der Waals surface area contributed by atoms with E-state index in [9.17, 15) is 9.59 Å². The van der Waals surface area contributed by atoms with Gasteiger partial charge in [-0.3, -0.25) is 9.59 Å². The maximum absolute atomic E-state index is 13.1. The van der Waals surface area contributed by atoms with Gasteiger partial charge in [0.05, 0.1) is 24.2 Å². The van der Waals surface area contributed by atoms with Crippen molar-refractivity contribution in [3.63, 3.8) is 0 Å². The molecule has 0 saturated carbocycles. The predicted octanol–water partition coefficient (Wildman–Crippen LogP) is 5.02. The van der Waals surface area contributed by atoms with Crippen molar-refractivity contribution in [2.75, 3.05) is 13.7 Å².